The van der Waals surface area contributed by atoms with Crippen molar-refractivity contribution in [2.24, 2.45) is 16.7 Å². The SMILES string of the molecule is COCCC1=CC=CC(C(=O)O)(C(C)(C)C)C1C. The van der Waals surface area contributed by atoms with Crippen molar-refractivity contribution in [2.45, 2.75) is 34.1 Å². The van der Waals surface area contributed by atoms with Crippen LogP contribution >= 0.6 is 0 Å². The minimum Gasteiger partial charge on any atom is -0.481 e. The highest BCUT2D eigenvalue weighted by Gasteiger charge is 2.52. The molecular weight excluding hydrogens is 228 g/mol. The summed E-state index contributed by atoms with van der Waals surface area (Å²) in [6, 6.07) is 0. The molecule has 0 saturated heterocycles. The summed E-state index contributed by atoms with van der Waals surface area (Å²) in [5.41, 5.74) is -0.0247. The van der Waals surface area contributed by atoms with Gasteiger partial charge < -0.3 is 9.84 Å². The van der Waals surface area contributed by atoms with E-state index in [1.807, 2.05) is 45.9 Å². The number of carbonyl (C=O) groups is 1. The van der Waals surface area contributed by atoms with E-state index < -0.39 is 11.4 Å². The first kappa shape index (κ1) is 15.0. The van der Waals surface area contributed by atoms with Crippen LogP contribution in [0.1, 0.15) is 34.1 Å². The fourth-order valence-corrected chi connectivity index (χ4v) is 2.90. The number of rotatable bonds is 4. The van der Waals surface area contributed by atoms with Crippen LogP contribution < -0.4 is 0 Å². The average molecular weight is 252 g/mol. The van der Waals surface area contributed by atoms with Crippen molar-refractivity contribution in [2.75, 3.05) is 13.7 Å². The zero-order chi connectivity index (χ0) is 14.0. The normalized spacial score (nSPS) is 28.1. The molecule has 0 aromatic heterocycles. The lowest BCUT2D eigenvalue weighted by Gasteiger charge is -2.45. The highest BCUT2D eigenvalue weighted by Crippen LogP contribution is 2.51. The monoisotopic (exact) mass is 252 g/mol. The van der Waals surface area contributed by atoms with Crippen LogP contribution in [0.3, 0.4) is 0 Å². The molecule has 0 aliphatic heterocycles. The standard InChI is InChI=1S/C15H24O3/c1-11-12(8-10-18-5)7-6-9-15(11,13(16)17)14(2,3)4/h6-7,9,11H,8,10H2,1-5H3,(H,16,17). The molecule has 0 aromatic carbocycles. The minimum atomic E-state index is -0.842. The van der Waals surface area contributed by atoms with Crippen LogP contribution in [0.25, 0.3) is 0 Å². The van der Waals surface area contributed by atoms with Gasteiger partial charge in [-0.2, -0.15) is 0 Å². The summed E-state index contributed by atoms with van der Waals surface area (Å²) in [6.07, 6.45) is 6.53. The minimum absolute atomic E-state index is 0.0184. The zero-order valence-corrected chi connectivity index (χ0v) is 12.0. The van der Waals surface area contributed by atoms with Crippen molar-refractivity contribution in [1.82, 2.24) is 0 Å². The van der Waals surface area contributed by atoms with Crippen molar-refractivity contribution in [3.8, 4) is 0 Å². The van der Waals surface area contributed by atoms with Gasteiger partial charge in [-0.25, -0.2) is 0 Å². The van der Waals surface area contributed by atoms with E-state index in [9.17, 15) is 9.90 Å². The lowest BCUT2D eigenvalue weighted by molar-refractivity contribution is -0.155. The van der Waals surface area contributed by atoms with Crippen LogP contribution in [0.4, 0.5) is 0 Å². The Balaban J connectivity index is 3.14. The van der Waals surface area contributed by atoms with Gasteiger partial charge >= 0.3 is 5.97 Å². The number of hydrogen-bond donors (Lipinski definition) is 1. The Hall–Kier alpha value is -1.09. The van der Waals surface area contributed by atoms with E-state index in [0.29, 0.717) is 6.61 Å². The average Bonchev–Trinajstić information content (AvgIpc) is 2.25. The van der Waals surface area contributed by atoms with E-state index in [-0.39, 0.29) is 11.3 Å². The molecule has 1 rings (SSSR count). The van der Waals surface area contributed by atoms with Gasteiger partial charge in [0, 0.05) is 13.7 Å². The molecule has 1 aliphatic rings. The summed E-state index contributed by atoms with van der Waals surface area (Å²) >= 11 is 0. The first-order chi connectivity index (χ1) is 8.27. The molecule has 1 aliphatic carbocycles. The van der Waals surface area contributed by atoms with E-state index in [4.69, 9.17) is 4.74 Å². The lowest BCUT2D eigenvalue weighted by Crippen LogP contribution is -2.48. The molecule has 0 bridgehead atoms. The molecule has 18 heavy (non-hydrogen) atoms. The van der Waals surface area contributed by atoms with Crippen LogP contribution in [-0.2, 0) is 9.53 Å². The van der Waals surface area contributed by atoms with Gasteiger partial charge in [-0.15, -0.1) is 0 Å². The first-order valence-corrected chi connectivity index (χ1v) is 6.38. The molecule has 102 valence electrons. The number of aliphatic carboxylic acids is 1. The summed E-state index contributed by atoms with van der Waals surface area (Å²) in [6.45, 7) is 8.60. The van der Waals surface area contributed by atoms with E-state index in [1.54, 1.807) is 7.11 Å². The second-order valence-electron chi connectivity index (χ2n) is 5.99. The van der Waals surface area contributed by atoms with Crippen LogP contribution in [0, 0.1) is 16.7 Å². The summed E-state index contributed by atoms with van der Waals surface area (Å²) in [4.78, 5) is 11.8. The van der Waals surface area contributed by atoms with Crippen molar-refractivity contribution < 1.29 is 14.6 Å². The van der Waals surface area contributed by atoms with Gasteiger partial charge in [-0.1, -0.05) is 51.5 Å². The van der Waals surface area contributed by atoms with Gasteiger partial charge in [0.1, 0.15) is 0 Å². The second-order valence-corrected chi connectivity index (χ2v) is 5.99. The predicted octanol–water partition coefficient (Wildman–Crippen LogP) is 3.27. The van der Waals surface area contributed by atoms with Crippen LogP contribution in [-0.4, -0.2) is 24.8 Å². The number of allylic oxidation sites excluding steroid dienone is 2. The molecule has 0 amide bonds. The fraction of sp³-hybridized carbons (Fsp3) is 0.667. The third-order valence-electron chi connectivity index (χ3n) is 4.10. The number of carboxylic acid groups (broad SMARTS) is 1. The van der Waals surface area contributed by atoms with Crippen LogP contribution in [0.15, 0.2) is 23.8 Å². The molecule has 2 unspecified atom stereocenters. The van der Waals surface area contributed by atoms with Gasteiger partial charge in [-0.3, -0.25) is 4.79 Å². The number of ether oxygens (including phenoxy) is 1. The third kappa shape index (κ3) is 2.37. The lowest BCUT2D eigenvalue weighted by atomic mass is 9.56. The molecule has 0 spiro atoms. The maximum absolute atomic E-state index is 11.8. The van der Waals surface area contributed by atoms with E-state index in [2.05, 4.69) is 0 Å². The Bertz CT molecular complexity index is 374. The molecule has 0 aromatic rings. The van der Waals surface area contributed by atoms with E-state index in [0.717, 1.165) is 12.0 Å². The van der Waals surface area contributed by atoms with Crippen molar-refractivity contribution >= 4 is 5.97 Å². The maximum atomic E-state index is 11.8. The summed E-state index contributed by atoms with van der Waals surface area (Å²) in [7, 11) is 1.66. The Morgan fingerprint density at radius 1 is 1.50 bits per heavy atom. The number of hydrogen-bond acceptors (Lipinski definition) is 2. The molecule has 0 fully saturated rings. The predicted molar refractivity (Wildman–Crippen MR) is 72.4 cm³/mol. The molecule has 0 heterocycles. The van der Waals surface area contributed by atoms with Gasteiger partial charge in [0.05, 0.1) is 5.41 Å². The van der Waals surface area contributed by atoms with E-state index in [1.165, 1.54) is 0 Å². The second kappa shape index (κ2) is 5.27. The smallest absolute Gasteiger partial charge is 0.314 e. The Kier molecular flexibility index (Phi) is 4.38. The largest absolute Gasteiger partial charge is 0.481 e. The van der Waals surface area contributed by atoms with Crippen molar-refractivity contribution in [3.05, 3.63) is 23.8 Å². The quantitative estimate of drug-likeness (QED) is 0.835. The van der Waals surface area contributed by atoms with E-state index >= 15 is 0 Å². The van der Waals surface area contributed by atoms with Crippen LogP contribution in [0.5, 0.6) is 0 Å². The molecule has 2 atom stereocenters. The van der Waals surface area contributed by atoms with Gasteiger partial charge in [-0.05, 0) is 17.8 Å². The summed E-state index contributed by atoms with van der Waals surface area (Å²) in [5, 5.41) is 9.73. The fourth-order valence-electron chi connectivity index (χ4n) is 2.90. The molecule has 0 saturated carbocycles. The highest BCUT2D eigenvalue weighted by molar-refractivity contribution is 5.80. The van der Waals surface area contributed by atoms with Gasteiger partial charge in [0.25, 0.3) is 0 Å². The molecule has 0 radical (unpaired) electrons. The third-order valence-corrected chi connectivity index (χ3v) is 4.10. The van der Waals surface area contributed by atoms with Gasteiger partial charge in [0.15, 0.2) is 0 Å². The topological polar surface area (TPSA) is 46.5 Å². The molecule has 1 N–H and O–H groups in total. The summed E-state index contributed by atoms with van der Waals surface area (Å²) < 4.78 is 5.09. The Morgan fingerprint density at radius 3 is 2.56 bits per heavy atom. The maximum Gasteiger partial charge on any atom is 0.314 e. The van der Waals surface area contributed by atoms with Crippen LogP contribution in [0.2, 0.25) is 0 Å². The zero-order valence-electron chi connectivity index (χ0n) is 12.0. The Morgan fingerprint density at radius 2 is 2.11 bits per heavy atom. The summed E-state index contributed by atoms with van der Waals surface area (Å²) in [5.74, 6) is -0.767. The van der Waals surface area contributed by atoms with Crippen molar-refractivity contribution in [1.29, 1.82) is 0 Å². The molecule has 3 heteroatoms. The van der Waals surface area contributed by atoms with Crippen molar-refractivity contribution in [3.63, 3.8) is 0 Å². The molecule has 3 nitrogen and oxygen atoms in total. The molecular formula is C15H24O3. The first-order valence-electron chi connectivity index (χ1n) is 6.38. The Labute approximate surface area is 110 Å². The van der Waals surface area contributed by atoms with Gasteiger partial charge in [0.2, 0.25) is 0 Å². The number of carboxylic acids is 1. The number of methoxy groups -OCH3 is 1. The highest BCUT2D eigenvalue weighted by atomic mass is 16.5.